The average molecular weight is 235 g/mol. The van der Waals surface area contributed by atoms with Gasteiger partial charge in [-0.25, -0.2) is 0 Å². The van der Waals surface area contributed by atoms with Gasteiger partial charge in [0.05, 0.1) is 4.34 Å². The molecule has 0 saturated heterocycles. The standard InChI is InChI=1S/C10H12Cl2S/c11-8-2-1-7(5-8)6-9-3-4-10(12)13-9/h3-4,7-8H,1-2,5-6H2. The van der Waals surface area contributed by atoms with E-state index in [0.29, 0.717) is 5.38 Å². The van der Waals surface area contributed by atoms with Crippen molar-refractivity contribution in [1.29, 1.82) is 0 Å². The minimum Gasteiger partial charge on any atom is -0.128 e. The molecule has 1 aliphatic carbocycles. The van der Waals surface area contributed by atoms with E-state index < -0.39 is 0 Å². The molecule has 1 saturated carbocycles. The molecular formula is C10H12Cl2S. The van der Waals surface area contributed by atoms with Crippen molar-refractivity contribution in [3.63, 3.8) is 0 Å². The Kier molecular flexibility index (Phi) is 3.18. The Bertz CT molecular complexity index is 282. The molecule has 2 rings (SSSR count). The van der Waals surface area contributed by atoms with E-state index in [1.165, 1.54) is 30.6 Å². The van der Waals surface area contributed by atoms with Crippen LogP contribution in [0.15, 0.2) is 12.1 Å². The smallest absolute Gasteiger partial charge is 0.0931 e. The third-order valence-electron chi connectivity index (χ3n) is 2.60. The molecule has 0 spiro atoms. The zero-order chi connectivity index (χ0) is 9.26. The Morgan fingerprint density at radius 3 is 2.77 bits per heavy atom. The van der Waals surface area contributed by atoms with Gasteiger partial charge in [0.25, 0.3) is 0 Å². The van der Waals surface area contributed by atoms with Crippen molar-refractivity contribution in [2.24, 2.45) is 5.92 Å². The van der Waals surface area contributed by atoms with Crippen molar-refractivity contribution in [3.05, 3.63) is 21.3 Å². The van der Waals surface area contributed by atoms with E-state index in [2.05, 4.69) is 6.07 Å². The largest absolute Gasteiger partial charge is 0.128 e. The first kappa shape index (κ1) is 9.82. The molecule has 0 N–H and O–H groups in total. The lowest BCUT2D eigenvalue weighted by molar-refractivity contribution is 0.552. The summed E-state index contributed by atoms with van der Waals surface area (Å²) in [4.78, 5) is 1.40. The molecule has 1 aromatic heterocycles. The van der Waals surface area contributed by atoms with Gasteiger partial charge >= 0.3 is 0 Å². The summed E-state index contributed by atoms with van der Waals surface area (Å²) in [7, 11) is 0. The first-order valence-electron chi connectivity index (χ1n) is 4.62. The number of halogens is 2. The highest BCUT2D eigenvalue weighted by Crippen LogP contribution is 2.34. The fourth-order valence-corrected chi connectivity index (χ4v) is 3.53. The first-order valence-corrected chi connectivity index (χ1v) is 6.25. The predicted molar refractivity (Wildman–Crippen MR) is 60.0 cm³/mol. The maximum absolute atomic E-state index is 6.06. The molecule has 1 aliphatic rings. The highest BCUT2D eigenvalue weighted by Gasteiger charge is 2.23. The quantitative estimate of drug-likeness (QED) is 0.668. The van der Waals surface area contributed by atoms with E-state index >= 15 is 0 Å². The molecule has 0 bridgehead atoms. The summed E-state index contributed by atoms with van der Waals surface area (Å²) in [5, 5.41) is 0.417. The average Bonchev–Trinajstić information content (AvgIpc) is 2.62. The van der Waals surface area contributed by atoms with E-state index in [1.807, 2.05) is 6.07 Å². The Morgan fingerprint density at radius 1 is 1.38 bits per heavy atom. The summed E-state index contributed by atoms with van der Waals surface area (Å²) in [5.74, 6) is 0.789. The minimum absolute atomic E-state index is 0.417. The van der Waals surface area contributed by atoms with Gasteiger partial charge in [-0.3, -0.25) is 0 Å². The molecule has 0 nitrogen and oxygen atoms in total. The highest BCUT2D eigenvalue weighted by molar-refractivity contribution is 7.16. The number of rotatable bonds is 2. The van der Waals surface area contributed by atoms with Crippen LogP contribution < -0.4 is 0 Å². The van der Waals surface area contributed by atoms with Gasteiger partial charge in [0.1, 0.15) is 0 Å². The monoisotopic (exact) mass is 234 g/mol. The summed E-state index contributed by atoms with van der Waals surface area (Å²) in [6.45, 7) is 0. The second-order valence-electron chi connectivity index (χ2n) is 3.69. The minimum atomic E-state index is 0.417. The molecule has 13 heavy (non-hydrogen) atoms. The van der Waals surface area contributed by atoms with Gasteiger partial charge in [-0.1, -0.05) is 11.6 Å². The predicted octanol–water partition coefficient (Wildman–Crippen LogP) is 4.35. The van der Waals surface area contributed by atoms with Crippen molar-refractivity contribution in [3.8, 4) is 0 Å². The summed E-state index contributed by atoms with van der Waals surface area (Å²) in [6, 6.07) is 4.11. The van der Waals surface area contributed by atoms with Crippen LogP contribution in [0.2, 0.25) is 4.34 Å². The van der Waals surface area contributed by atoms with Gasteiger partial charge in [0.2, 0.25) is 0 Å². The van der Waals surface area contributed by atoms with E-state index in [1.54, 1.807) is 11.3 Å². The molecule has 1 aromatic rings. The van der Waals surface area contributed by atoms with Gasteiger partial charge in [-0.2, -0.15) is 0 Å². The molecule has 3 heteroatoms. The number of thiophene rings is 1. The first-order chi connectivity index (χ1) is 6.24. The Balaban J connectivity index is 1.91. The number of alkyl halides is 1. The summed E-state index contributed by atoms with van der Waals surface area (Å²) < 4.78 is 0.899. The number of hydrogen-bond acceptors (Lipinski definition) is 1. The zero-order valence-corrected chi connectivity index (χ0v) is 9.63. The van der Waals surface area contributed by atoms with Crippen molar-refractivity contribution in [1.82, 2.24) is 0 Å². The Labute approximate surface area is 92.9 Å². The molecule has 0 amide bonds. The van der Waals surface area contributed by atoms with Crippen molar-refractivity contribution < 1.29 is 0 Å². The van der Waals surface area contributed by atoms with E-state index in [0.717, 1.165) is 10.3 Å². The molecule has 2 unspecified atom stereocenters. The molecular weight excluding hydrogens is 223 g/mol. The van der Waals surface area contributed by atoms with Crippen LogP contribution in [0, 0.1) is 5.92 Å². The molecule has 0 radical (unpaired) electrons. The highest BCUT2D eigenvalue weighted by atomic mass is 35.5. The maximum atomic E-state index is 6.06. The van der Waals surface area contributed by atoms with Crippen LogP contribution in [0.1, 0.15) is 24.1 Å². The molecule has 1 heterocycles. The molecule has 1 fully saturated rings. The topological polar surface area (TPSA) is 0 Å². The van der Waals surface area contributed by atoms with Crippen LogP contribution in [-0.4, -0.2) is 5.38 Å². The summed E-state index contributed by atoms with van der Waals surface area (Å²) in [6.07, 6.45) is 4.81. The van der Waals surface area contributed by atoms with E-state index in [9.17, 15) is 0 Å². The summed E-state index contributed by atoms with van der Waals surface area (Å²) >= 11 is 13.6. The molecule has 2 atom stereocenters. The molecule has 0 aliphatic heterocycles. The van der Waals surface area contributed by atoms with Gasteiger partial charge < -0.3 is 0 Å². The molecule has 0 aromatic carbocycles. The second-order valence-corrected chi connectivity index (χ2v) is 6.10. The van der Waals surface area contributed by atoms with Crippen LogP contribution in [0.25, 0.3) is 0 Å². The maximum Gasteiger partial charge on any atom is 0.0931 e. The lowest BCUT2D eigenvalue weighted by atomic mass is 10.0. The van der Waals surface area contributed by atoms with Crippen LogP contribution in [0.5, 0.6) is 0 Å². The van der Waals surface area contributed by atoms with Gasteiger partial charge in [0.15, 0.2) is 0 Å². The normalized spacial score (nSPS) is 28.2. The third kappa shape index (κ3) is 2.61. The van der Waals surface area contributed by atoms with Crippen LogP contribution in [0.3, 0.4) is 0 Å². The lowest BCUT2D eigenvalue weighted by Gasteiger charge is -2.05. The van der Waals surface area contributed by atoms with Crippen molar-refractivity contribution in [2.45, 2.75) is 31.1 Å². The van der Waals surface area contributed by atoms with Gasteiger partial charge in [-0.15, -0.1) is 22.9 Å². The van der Waals surface area contributed by atoms with Crippen LogP contribution >= 0.6 is 34.5 Å². The van der Waals surface area contributed by atoms with Gasteiger partial charge in [-0.05, 0) is 43.7 Å². The third-order valence-corrected chi connectivity index (χ3v) is 4.25. The van der Waals surface area contributed by atoms with E-state index in [4.69, 9.17) is 23.2 Å². The van der Waals surface area contributed by atoms with Crippen LogP contribution in [-0.2, 0) is 6.42 Å². The lowest BCUT2D eigenvalue weighted by Crippen LogP contribution is -1.98. The summed E-state index contributed by atoms with van der Waals surface area (Å²) in [5.41, 5.74) is 0. The SMILES string of the molecule is Clc1ccc(CC2CCC(Cl)C2)s1. The number of hydrogen-bond donors (Lipinski definition) is 0. The van der Waals surface area contributed by atoms with Crippen LogP contribution in [0.4, 0.5) is 0 Å². The second kappa shape index (κ2) is 4.20. The van der Waals surface area contributed by atoms with E-state index in [-0.39, 0.29) is 0 Å². The fourth-order valence-electron chi connectivity index (χ4n) is 1.95. The zero-order valence-electron chi connectivity index (χ0n) is 7.30. The van der Waals surface area contributed by atoms with Gasteiger partial charge in [0, 0.05) is 10.3 Å². The fraction of sp³-hybridized carbons (Fsp3) is 0.600. The molecule has 72 valence electrons. The Morgan fingerprint density at radius 2 is 2.23 bits per heavy atom. The van der Waals surface area contributed by atoms with Crippen molar-refractivity contribution in [2.75, 3.05) is 0 Å². The van der Waals surface area contributed by atoms with Crippen molar-refractivity contribution >= 4 is 34.5 Å². The Hall–Kier alpha value is 0.280.